The number of fused-ring (bicyclic) bond motifs is 1. The summed E-state index contributed by atoms with van der Waals surface area (Å²) < 4.78 is 0. The van der Waals surface area contributed by atoms with Crippen molar-refractivity contribution in [1.29, 1.82) is 0 Å². The minimum Gasteiger partial charge on any atom is -0.373 e. The summed E-state index contributed by atoms with van der Waals surface area (Å²) in [5, 5.41) is 3.88. The number of anilines is 1. The zero-order chi connectivity index (χ0) is 19.0. The smallest absolute Gasteiger partial charge is 0.0863 e. The molecule has 0 bridgehead atoms. The average molecular weight is 354 g/mol. The Morgan fingerprint density at radius 1 is 0.815 bits per heavy atom. The molecule has 2 unspecified atom stereocenters. The van der Waals surface area contributed by atoms with E-state index < -0.39 is 0 Å². The van der Waals surface area contributed by atoms with Gasteiger partial charge in [-0.1, -0.05) is 60.7 Å². The molecular formula is C25H26N2. The van der Waals surface area contributed by atoms with Crippen molar-refractivity contribution in [3.63, 3.8) is 0 Å². The SMILES string of the molecule is CC1=Nc2cc(C)c(C)cc2NC(C)(c2ccccc2)C1c1ccccc1. The molecule has 0 amide bonds. The number of rotatable bonds is 2. The number of aryl methyl sites for hydroxylation is 2. The zero-order valence-corrected chi connectivity index (χ0v) is 16.5. The van der Waals surface area contributed by atoms with Gasteiger partial charge >= 0.3 is 0 Å². The molecule has 1 aliphatic rings. The summed E-state index contributed by atoms with van der Waals surface area (Å²) in [6.07, 6.45) is 0. The number of hydrogen-bond donors (Lipinski definition) is 1. The molecule has 0 radical (unpaired) electrons. The van der Waals surface area contributed by atoms with E-state index in [4.69, 9.17) is 4.99 Å². The van der Waals surface area contributed by atoms with Crippen molar-refractivity contribution in [2.45, 2.75) is 39.2 Å². The predicted molar refractivity (Wildman–Crippen MR) is 115 cm³/mol. The molecule has 2 heteroatoms. The number of benzene rings is 3. The molecule has 0 fully saturated rings. The molecule has 1 heterocycles. The van der Waals surface area contributed by atoms with Crippen LogP contribution in [0.1, 0.15) is 42.0 Å². The molecule has 2 atom stereocenters. The number of hydrogen-bond acceptors (Lipinski definition) is 2. The van der Waals surface area contributed by atoms with Gasteiger partial charge in [-0.15, -0.1) is 0 Å². The Labute approximate surface area is 162 Å². The van der Waals surface area contributed by atoms with Crippen LogP contribution in [0.25, 0.3) is 0 Å². The highest BCUT2D eigenvalue weighted by atomic mass is 15.0. The van der Waals surface area contributed by atoms with Crippen LogP contribution >= 0.6 is 0 Å². The first kappa shape index (κ1) is 17.5. The highest BCUT2D eigenvalue weighted by Crippen LogP contribution is 2.46. The van der Waals surface area contributed by atoms with Crippen LogP contribution in [0.2, 0.25) is 0 Å². The van der Waals surface area contributed by atoms with E-state index in [9.17, 15) is 0 Å². The first-order chi connectivity index (χ1) is 13.0. The summed E-state index contributed by atoms with van der Waals surface area (Å²) in [7, 11) is 0. The van der Waals surface area contributed by atoms with Crippen molar-refractivity contribution in [2.75, 3.05) is 5.32 Å². The van der Waals surface area contributed by atoms with Crippen molar-refractivity contribution in [3.05, 3.63) is 95.1 Å². The summed E-state index contributed by atoms with van der Waals surface area (Å²) in [6, 6.07) is 25.9. The van der Waals surface area contributed by atoms with Gasteiger partial charge in [0, 0.05) is 11.6 Å². The van der Waals surface area contributed by atoms with Gasteiger partial charge in [-0.3, -0.25) is 4.99 Å². The Bertz CT molecular complexity index is 990. The fourth-order valence-electron chi connectivity index (χ4n) is 4.26. The monoisotopic (exact) mass is 354 g/mol. The van der Waals surface area contributed by atoms with Gasteiger partial charge in [0.15, 0.2) is 0 Å². The molecule has 0 aliphatic carbocycles. The maximum absolute atomic E-state index is 5.07. The molecule has 0 aromatic heterocycles. The summed E-state index contributed by atoms with van der Waals surface area (Å²) in [5.74, 6) is 0.133. The maximum atomic E-state index is 5.07. The third-order valence-corrected chi connectivity index (χ3v) is 5.80. The second kappa shape index (κ2) is 6.70. The van der Waals surface area contributed by atoms with E-state index in [0.717, 1.165) is 17.1 Å². The van der Waals surface area contributed by atoms with Crippen LogP contribution in [0, 0.1) is 13.8 Å². The molecule has 27 heavy (non-hydrogen) atoms. The minimum absolute atomic E-state index is 0.133. The van der Waals surface area contributed by atoms with Gasteiger partial charge in [-0.25, -0.2) is 0 Å². The number of aliphatic imine (C=N–C) groups is 1. The van der Waals surface area contributed by atoms with Crippen LogP contribution in [-0.2, 0) is 5.54 Å². The Hall–Kier alpha value is -2.87. The lowest BCUT2D eigenvalue weighted by atomic mass is 9.73. The highest BCUT2D eigenvalue weighted by Gasteiger charge is 2.40. The van der Waals surface area contributed by atoms with Crippen LogP contribution in [0.4, 0.5) is 11.4 Å². The normalized spacial score (nSPS) is 21.6. The third kappa shape index (κ3) is 3.06. The van der Waals surface area contributed by atoms with Gasteiger partial charge < -0.3 is 5.32 Å². The first-order valence-corrected chi connectivity index (χ1v) is 9.54. The molecular weight excluding hydrogens is 328 g/mol. The van der Waals surface area contributed by atoms with E-state index in [0.29, 0.717) is 0 Å². The second-order valence-corrected chi connectivity index (χ2v) is 7.74. The van der Waals surface area contributed by atoms with E-state index >= 15 is 0 Å². The largest absolute Gasteiger partial charge is 0.373 e. The molecule has 0 saturated heterocycles. The van der Waals surface area contributed by atoms with Gasteiger partial charge in [0.25, 0.3) is 0 Å². The van der Waals surface area contributed by atoms with Gasteiger partial charge in [-0.2, -0.15) is 0 Å². The molecule has 0 saturated carbocycles. The lowest BCUT2D eigenvalue weighted by molar-refractivity contribution is 0.507. The standard InChI is InChI=1S/C25H26N2/c1-17-15-22-23(16-18(17)2)27-25(4,21-13-9-6-10-14-21)24(19(3)26-22)20-11-7-5-8-12-20/h5-16,24,27H,1-4H3. The van der Waals surface area contributed by atoms with Crippen molar-refractivity contribution in [2.24, 2.45) is 4.99 Å². The molecule has 0 spiro atoms. The fourth-order valence-corrected chi connectivity index (χ4v) is 4.26. The van der Waals surface area contributed by atoms with Gasteiger partial charge in [0.1, 0.15) is 0 Å². The van der Waals surface area contributed by atoms with E-state index in [1.807, 2.05) is 0 Å². The van der Waals surface area contributed by atoms with Crippen LogP contribution in [-0.4, -0.2) is 5.71 Å². The van der Waals surface area contributed by atoms with Crippen LogP contribution in [0.5, 0.6) is 0 Å². The number of nitrogens with one attached hydrogen (secondary N) is 1. The summed E-state index contributed by atoms with van der Waals surface area (Å²) in [5.41, 5.74) is 8.04. The molecule has 1 aliphatic heterocycles. The lowest BCUT2D eigenvalue weighted by Gasteiger charge is -2.39. The van der Waals surface area contributed by atoms with Gasteiger partial charge in [0.05, 0.1) is 16.9 Å². The summed E-state index contributed by atoms with van der Waals surface area (Å²) >= 11 is 0. The molecule has 2 nitrogen and oxygen atoms in total. The Morgan fingerprint density at radius 3 is 2.07 bits per heavy atom. The van der Waals surface area contributed by atoms with Crippen LogP contribution in [0.3, 0.4) is 0 Å². The highest BCUT2D eigenvalue weighted by molar-refractivity contribution is 5.96. The van der Waals surface area contributed by atoms with E-state index in [1.165, 1.54) is 22.3 Å². The Balaban J connectivity index is 1.97. The minimum atomic E-state index is -0.302. The van der Waals surface area contributed by atoms with Crippen molar-refractivity contribution in [1.82, 2.24) is 0 Å². The third-order valence-electron chi connectivity index (χ3n) is 5.80. The zero-order valence-electron chi connectivity index (χ0n) is 16.5. The van der Waals surface area contributed by atoms with Crippen molar-refractivity contribution in [3.8, 4) is 0 Å². The topological polar surface area (TPSA) is 24.4 Å². The van der Waals surface area contributed by atoms with E-state index in [-0.39, 0.29) is 11.5 Å². The summed E-state index contributed by atoms with van der Waals surface area (Å²) in [4.78, 5) is 5.07. The first-order valence-electron chi connectivity index (χ1n) is 9.54. The quantitative estimate of drug-likeness (QED) is 0.556. The maximum Gasteiger partial charge on any atom is 0.0863 e. The van der Waals surface area contributed by atoms with Crippen molar-refractivity contribution >= 4 is 17.1 Å². The summed E-state index contributed by atoms with van der Waals surface area (Å²) in [6.45, 7) is 8.76. The number of nitrogens with zero attached hydrogens (tertiary/aromatic N) is 1. The Morgan fingerprint density at radius 2 is 1.41 bits per heavy atom. The average Bonchev–Trinajstić information content (AvgIpc) is 2.77. The molecule has 3 aromatic carbocycles. The van der Waals surface area contributed by atoms with Gasteiger partial charge in [-0.05, 0) is 62.1 Å². The fraction of sp³-hybridized carbons (Fsp3) is 0.240. The molecule has 3 aromatic rings. The van der Waals surface area contributed by atoms with Crippen molar-refractivity contribution < 1.29 is 0 Å². The Kier molecular flexibility index (Phi) is 4.35. The van der Waals surface area contributed by atoms with Crippen LogP contribution in [0.15, 0.2) is 77.8 Å². The van der Waals surface area contributed by atoms with E-state index in [1.54, 1.807) is 0 Å². The molecule has 1 N–H and O–H groups in total. The van der Waals surface area contributed by atoms with E-state index in [2.05, 4.69) is 106 Å². The molecule has 136 valence electrons. The van der Waals surface area contributed by atoms with Gasteiger partial charge in [0.2, 0.25) is 0 Å². The van der Waals surface area contributed by atoms with Crippen LogP contribution < -0.4 is 5.32 Å². The predicted octanol–water partition coefficient (Wildman–Crippen LogP) is 6.52. The lowest BCUT2D eigenvalue weighted by Crippen LogP contribution is -2.41. The second-order valence-electron chi connectivity index (χ2n) is 7.74. The molecule has 4 rings (SSSR count).